The van der Waals surface area contributed by atoms with Crippen LogP contribution in [0.4, 0.5) is 4.39 Å². The lowest BCUT2D eigenvalue weighted by atomic mass is 9.95. The van der Waals surface area contributed by atoms with Crippen LogP contribution in [0.5, 0.6) is 0 Å². The van der Waals surface area contributed by atoms with E-state index in [2.05, 4.69) is 4.98 Å². The summed E-state index contributed by atoms with van der Waals surface area (Å²) in [5.74, 6) is -0.479. The van der Waals surface area contributed by atoms with Gasteiger partial charge in [-0.15, -0.1) is 12.4 Å². The molecule has 2 N–H and O–H groups in total. The molecule has 1 aromatic heterocycles. The largest absolute Gasteiger partial charge is 0.339 e. The lowest BCUT2D eigenvalue weighted by Gasteiger charge is -2.15. The molecule has 3 rings (SSSR count). The van der Waals surface area contributed by atoms with Gasteiger partial charge in [-0.05, 0) is 17.7 Å². The molecule has 1 aromatic carbocycles. The molecule has 1 aliphatic heterocycles. The second-order valence-corrected chi connectivity index (χ2v) is 7.41. The van der Waals surface area contributed by atoms with Gasteiger partial charge in [0, 0.05) is 38.3 Å². The molecule has 2 unspecified atom stereocenters. The Labute approximate surface area is 140 Å². The monoisotopic (exact) mass is 360 g/mol. The van der Waals surface area contributed by atoms with Gasteiger partial charge >= 0.3 is 0 Å². The number of rotatable bonds is 3. The number of aryl methyl sites for hydroxylation is 1. The molecule has 0 saturated carbocycles. The van der Waals surface area contributed by atoms with E-state index in [1.165, 1.54) is 29.0 Å². The van der Waals surface area contributed by atoms with Crippen LogP contribution in [0.2, 0.25) is 0 Å². The maximum absolute atomic E-state index is 13.0. The summed E-state index contributed by atoms with van der Waals surface area (Å²) in [6.07, 6.45) is 2.91. The van der Waals surface area contributed by atoms with Gasteiger partial charge in [-0.25, -0.2) is 17.8 Å². The average molecular weight is 361 g/mol. The number of benzene rings is 1. The molecule has 0 bridgehead atoms. The lowest BCUT2D eigenvalue weighted by molar-refractivity contribution is 0.467. The highest BCUT2D eigenvalue weighted by Gasteiger charge is 2.39. The minimum Gasteiger partial charge on any atom is -0.339 e. The Morgan fingerprint density at radius 3 is 2.48 bits per heavy atom. The predicted octanol–water partition coefficient (Wildman–Crippen LogP) is 1.10. The number of nitrogens with zero attached hydrogens (tertiary/aromatic N) is 3. The SMILES string of the molecule is Cl.Cn1cnc(S(=O)(=O)N2CC(N)C(c3ccc(F)cc3)C2)c1. The van der Waals surface area contributed by atoms with E-state index in [1.807, 2.05) is 0 Å². The fourth-order valence-corrected chi connectivity index (χ4v) is 4.17. The maximum atomic E-state index is 13.0. The summed E-state index contributed by atoms with van der Waals surface area (Å²) in [6, 6.07) is 5.69. The smallest absolute Gasteiger partial charge is 0.262 e. The first-order chi connectivity index (χ1) is 10.4. The Balaban J connectivity index is 0.00000192. The zero-order chi connectivity index (χ0) is 15.9. The third kappa shape index (κ3) is 3.40. The van der Waals surface area contributed by atoms with Gasteiger partial charge < -0.3 is 10.3 Å². The molecule has 2 aromatic rings. The van der Waals surface area contributed by atoms with E-state index in [0.29, 0.717) is 0 Å². The first-order valence-electron chi connectivity index (χ1n) is 6.87. The fourth-order valence-electron chi connectivity index (χ4n) is 2.70. The molecular weight excluding hydrogens is 343 g/mol. The van der Waals surface area contributed by atoms with Crippen LogP contribution in [0.3, 0.4) is 0 Å². The number of hydrogen-bond acceptors (Lipinski definition) is 4. The number of nitrogens with two attached hydrogens (primary N) is 1. The van der Waals surface area contributed by atoms with E-state index in [0.717, 1.165) is 5.56 Å². The van der Waals surface area contributed by atoms with Gasteiger partial charge in [0.1, 0.15) is 5.82 Å². The molecule has 1 fully saturated rings. The number of hydrogen-bond donors (Lipinski definition) is 1. The molecule has 2 atom stereocenters. The van der Waals surface area contributed by atoms with E-state index in [4.69, 9.17) is 5.73 Å². The summed E-state index contributed by atoms with van der Waals surface area (Å²) in [5.41, 5.74) is 6.93. The number of imidazole rings is 1. The van der Waals surface area contributed by atoms with Crippen molar-refractivity contribution < 1.29 is 12.8 Å². The molecule has 0 amide bonds. The van der Waals surface area contributed by atoms with E-state index in [9.17, 15) is 12.8 Å². The molecule has 0 aliphatic carbocycles. The van der Waals surface area contributed by atoms with Crippen LogP contribution in [0, 0.1) is 5.82 Å². The Morgan fingerprint density at radius 1 is 1.26 bits per heavy atom. The Bertz CT molecular complexity index is 778. The Kier molecular flexibility index (Phi) is 5.10. The summed E-state index contributed by atoms with van der Waals surface area (Å²) in [6.45, 7) is 0.493. The molecular formula is C14H18ClFN4O2S. The molecule has 2 heterocycles. The van der Waals surface area contributed by atoms with Crippen molar-refractivity contribution in [2.75, 3.05) is 13.1 Å². The van der Waals surface area contributed by atoms with Gasteiger partial charge in [0.05, 0.1) is 6.33 Å². The summed E-state index contributed by atoms with van der Waals surface area (Å²) in [4.78, 5) is 3.91. The first-order valence-corrected chi connectivity index (χ1v) is 8.31. The molecule has 0 spiro atoms. The van der Waals surface area contributed by atoms with Crippen molar-refractivity contribution in [3.63, 3.8) is 0 Å². The minimum absolute atomic E-state index is 0. The molecule has 1 aliphatic rings. The van der Waals surface area contributed by atoms with Gasteiger partial charge in [0.15, 0.2) is 5.03 Å². The number of aromatic nitrogens is 2. The Hall–Kier alpha value is -1.48. The normalized spacial score (nSPS) is 22.0. The van der Waals surface area contributed by atoms with Crippen molar-refractivity contribution >= 4 is 22.4 Å². The molecule has 9 heteroatoms. The maximum Gasteiger partial charge on any atom is 0.262 e. The second-order valence-electron chi connectivity index (χ2n) is 5.52. The molecule has 0 radical (unpaired) electrons. The van der Waals surface area contributed by atoms with Crippen molar-refractivity contribution in [3.05, 3.63) is 48.2 Å². The standard InChI is InChI=1S/C14H17FN4O2S.ClH/c1-18-8-14(17-9-18)22(20,21)19-6-12(13(16)7-19)10-2-4-11(15)5-3-10;/h2-5,8-9,12-13H,6-7,16H2,1H3;1H. The third-order valence-corrected chi connectivity index (χ3v) is 5.63. The highest BCUT2D eigenvalue weighted by Crippen LogP contribution is 2.30. The number of halogens is 2. The summed E-state index contributed by atoms with van der Waals surface area (Å²) < 4.78 is 41.1. The summed E-state index contributed by atoms with van der Waals surface area (Å²) in [5, 5.41) is 0.0157. The van der Waals surface area contributed by atoms with Crippen LogP contribution in [-0.4, -0.2) is 41.4 Å². The van der Waals surface area contributed by atoms with Crippen LogP contribution >= 0.6 is 12.4 Å². The van der Waals surface area contributed by atoms with Gasteiger partial charge in [0.25, 0.3) is 10.0 Å². The summed E-state index contributed by atoms with van der Waals surface area (Å²) in [7, 11) is -1.94. The minimum atomic E-state index is -3.65. The van der Waals surface area contributed by atoms with Crippen molar-refractivity contribution in [2.24, 2.45) is 12.8 Å². The van der Waals surface area contributed by atoms with Gasteiger partial charge in [-0.1, -0.05) is 12.1 Å². The van der Waals surface area contributed by atoms with Crippen LogP contribution in [-0.2, 0) is 17.1 Å². The summed E-state index contributed by atoms with van der Waals surface area (Å²) >= 11 is 0. The average Bonchev–Trinajstić information content (AvgIpc) is 3.07. The molecule has 1 saturated heterocycles. The Morgan fingerprint density at radius 2 is 1.91 bits per heavy atom. The first kappa shape index (κ1) is 17.9. The third-order valence-electron chi connectivity index (χ3n) is 3.92. The van der Waals surface area contributed by atoms with Crippen molar-refractivity contribution in [2.45, 2.75) is 17.0 Å². The molecule has 6 nitrogen and oxygen atoms in total. The van der Waals surface area contributed by atoms with Crippen LogP contribution in [0.1, 0.15) is 11.5 Å². The molecule has 126 valence electrons. The van der Waals surface area contributed by atoms with E-state index in [1.54, 1.807) is 23.7 Å². The van der Waals surface area contributed by atoms with Gasteiger partial charge in [0.2, 0.25) is 0 Å². The number of sulfonamides is 1. The van der Waals surface area contributed by atoms with Crippen molar-refractivity contribution in [1.29, 1.82) is 0 Å². The highest BCUT2D eigenvalue weighted by atomic mass is 35.5. The second kappa shape index (κ2) is 6.56. The van der Waals surface area contributed by atoms with Crippen LogP contribution in [0.25, 0.3) is 0 Å². The van der Waals surface area contributed by atoms with Gasteiger partial charge in [-0.3, -0.25) is 0 Å². The van der Waals surface area contributed by atoms with E-state index >= 15 is 0 Å². The van der Waals surface area contributed by atoms with E-state index < -0.39 is 10.0 Å². The zero-order valence-corrected chi connectivity index (χ0v) is 14.1. The quantitative estimate of drug-likeness (QED) is 0.888. The van der Waals surface area contributed by atoms with Crippen LogP contribution < -0.4 is 5.73 Å². The van der Waals surface area contributed by atoms with Crippen molar-refractivity contribution in [1.82, 2.24) is 13.9 Å². The molecule has 23 heavy (non-hydrogen) atoms. The predicted molar refractivity (Wildman–Crippen MR) is 86.3 cm³/mol. The topological polar surface area (TPSA) is 81.2 Å². The van der Waals surface area contributed by atoms with E-state index in [-0.39, 0.29) is 48.3 Å². The highest BCUT2D eigenvalue weighted by molar-refractivity contribution is 7.89. The zero-order valence-electron chi connectivity index (χ0n) is 12.5. The van der Waals surface area contributed by atoms with Gasteiger partial charge in [-0.2, -0.15) is 4.31 Å². The fraction of sp³-hybridized carbons (Fsp3) is 0.357. The van der Waals surface area contributed by atoms with Crippen LogP contribution in [0.15, 0.2) is 41.8 Å². The van der Waals surface area contributed by atoms with Crippen molar-refractivity contribution in [3.8, 4) is 0 Å². The lowest BCUT2D eigenvalue weighted by Crippen LogP contribution is -2.32.